The van der Waals surface area contributed by atoms with E-state index in [-0.39, 0.29) is 4.90 Å². The Bertz CT molecular complexity index is 829. The van der Waals surface area contributed by atoms with E-state index in [9.17, 15) is 8.42 Å². The van der Waals surface area contributed by atoms with Gasteiger partial charge in [-0.25, -0.2) is 0 Å². The summed E-state index contributed by atoms with van der Waals surface area (Å²) in [5.41, 5.74) is 0.995. The van der Waals surface area contributed by atoms with E-state index in [1.54, 1.807) is 42.5 Å². The first-order valence-electron chi connectivity index (χ1n) is 6.99. The fourth-order valence-corrected chi connectivity index (χ4v) is 4.99. The van der Waals surface area contributed by atoms with Crippen molar-refractivity contribution < 1.29 is 8.42 Å². The standard InChI is InChI=1S/C17H16ClNO2S3/c1-3-12-22-17(23-15-8-6-14(18)7-9-15)19-24(20,21)16-10-4-13(2)5-11-16/h3-11H,1,12H2,2H3/b19-17+. The summed E-state index contributed by atoms with van der Waals surface area (Å²) < 4.78 is 29.4. The van der Waals surface area contributed by atoms with Gasteiger partial charge in [-0.3, -0.25) is 0 Å². The van der Waals surface area contributed by atoms with Crippen LogP contribution in [0.2, 0.25) is 5.02 Å². The molecular formula is C17H16ClNO2S3. The summed E-state index contributed by atoms with van der Waals surface area (Å²) in [5, 5.41) is 0.629. The highest BCUT2D eigenvalue weighted by Gasteiger charge is 2.15. The lowest BCUT2D eigenvalue weighted by atomic mass is 10.2. The molecule has 0 heterocycles. The van der Waals surface area contributed by atoms with Gasteiger partial charge in [0.15, 0.2) is 0 Å². The van der Waals surface area contributed by atoms with Crippen LogP contribution in [0, 0.1) is 6.92 Å². The Balaban J connectivity index is 2.31. The second kappa shape index (κ2) is 8.76. The first-order valence-corrected chi connectivity index (χ1v) is 10.6. The van der Waals surface area contributed by atoms with Crippen LogP contribution in [-0.2, 0) is 10.0 Å². The van der Waals surface area contributed by atoms with Gasteiger partial charge in [-0.05, 0) is 43.3 Å². The molecule has 0 atom stereocenters. The average Bonchev–Trinajstić information content (AvgIpc) is 2.55. The molecule has 7 heteroatoms. The highest BCUT2D eigenvalue weighted by atomic mass is 35.5. The van der Waals surface area contributed by atoms with E-state index < -0.39 is 10.0 Å². The minimum atomic E-state index is -3.75. The molecule has 0 N–H and O–H groups in total. The lowest BCUT2D eigenvalue weighted by molar-refractivity contribution is 0.598. The minimum Gasteiger partial charge on any atom is -0.199 e. The largest absolute Gasteiger partial charge is 0.283 e. The predicted octanol–water partition coefficient (Wildman–Crippen LogP) is 5.40. The van der Waals surface area contributed by atoms with E-state index in [1.165, 1.54) is 23.5 Å². The highest BCUT2D eigenvalue weighted by Crippen LogP contribution is 2.29. The molecule has 0 saturated carbocycles. The van der Waals surface area contributed by atoms with Crippen molar-refractivity contribution >= 4 is 49.5 Å². The topological polar surface area (TPSA) is 46.5 Å². The van der Waals surface area contributed by atoms with Gasteiger partial charge < -0.3 is 0 Å². The van der Waals surface area contributed by atoms with Gasteiger partial charge >= 0.3 is 0 Å². The summed E-state index contributed by atoms with van der Waals surface area (Å²) >= 11 is 8.49. The molecule has 126 valence electrons. The molecule has 0 bridgehead atoms. The SMILES string of the molecule is C=CCS/C(=N\S(=O)(=O)c1ccc(C)cc1)Sc1ccc(Cl)cc1. The van der Waals surface area contributed by atoms with Gasteiger partial charge in [-0.1, -0.05) is 58.9 Å². The number of benzene rings is 2. The summed E-state index contributed by atoms with van der Waals surface area (Å²) in [7, 11) is -3.75. The number of aryl methyl sites for hydroxylation is 1. The molecule has 2 aromatic carbocycles. The molecule has 0 unspecified atom stereocenters. The van der Waals surface area contributed by atoms with Crippen molar-refractivity contribution in [2.24, 2.45) is 4.40 Å². The zero-order valence-electron chi connectivity index (χ0n) is 13.0. The van der Waals surface area contributed by atoms with Crippen LogP contribution in [0.25, 0.3) is 0 Å². The molecule has 24 heavy (non-hydrogen) atoms. The van der Waals surface area contributed by atoms with E-state index >= 15 is 0 Å². The Morgan fingerprint density at radius 3 is 2.38 bits per heavy atom. The Hall–Kier alpha value is -1.21. The summed E-state index contributed by atoms with van der Waals surface area (Å²) in [6, 6.07) is 13.8. The van der Waals surface area contributed by atoms with E-state index in [0.717, 1.165) is 10.5 Å². The third-order valence-electron chi connectivity index (χ3n) is 2.86. The van der Waals surface area contributed by atoms with Crippen LogP contribution in [0.5, 0.6) is 0 Å². The second-order valence-electron chi connectivity index (χ2n) is 4.80. The molecular weight excluding hydrogens is 382 g/mol. The van der Waals surface area contributed by atoms with Crippen molar-refractivity contribution in [2.45, 2.75) is 16.7 Å². The summed E-state index contributed by atoms with van der Waals surface area (Å²) in [5.74, 6) is 0.572. The molecule has 0 aliphatic rings. The Labute approximate surface area is 156 Å². The maximum Gasteiger partial charge on any atom is 0.283 e. The average molecular weight is 398 g/mol. The monoisotopic (exact) mass is 397 g/mol. The van der Waals surface area contributed by atoms with Gasteiger partial charge in [-0.15, -0.1) is 11.0 Å². The number of halogens is 1. The van der Waals surface area contributed by atoms with Crippen molar-refractivity contribution in [2.75, 3.05) is 5.75 Å². The molecule has 0 fully saturated rings. The first kappa shape index (κ1) is 19.1. The molecule has 0 aliphatic heterocycles. The number of rotatable bonds is 5. The van der Waals surface area contributed by atoms with Crippen molar-refractivity contribution in [3.8, 4) is 0 Å². The molecule has 0 saturated heterocycles. The molecule has 0 radical (unpaired) electrons. The highest BCUT2D eigenvalue weighted by molar-refractivity contribution is 8.39. The van der Waals surface area contributed by atoms with E-state index in [2.05, 4.69) is 11.0 Å². The van der Waals surface area contributed by atoms with Crippen molar-refractivity contribution in [3.05, 3.63) is 71.8 Å². The molecule has 0 amide bonds. The quantitative estimate of drug-likeness (QED) is 0.293. The smallest absolute Gasteiger partial charge is 0.199 e. The summed E-state index contributed by atoms with van der Waals surface area (Å²) in [6.45, 7) is 5.57. The van der Waals surface area contributed by atoms with E-state index in [0.29, 0.717) is 15.2 Å². The fourth-order valence-electron chi connectivity index (χ4n) is 1.67. The summed E-state index contributed by atoms with van der Waals surface area (Å²) in [6.07, 6.45) is 1.71. The van der Waals surface area contributed by atoms with Gasteiger partial charge in [-0.2, -0.15) is 8.42 Å². The molecule has 0 aromatic heterocycles. The normalized spacial score (nSPS) is 12.2. The number of nitrogens with zero attached hydrogens (tertiary/aromatic N) is 1. The third kappa shape index (κ3) is 5.70. The maximum atomic E-state index is 12.5. The van der Waals surface area contributed by atoms with Crippen LogP contribution in [0.1, 0.15) is 5.56 Å². The molecule has 0 spiro atoms. The van der Waals surface area contributed by atoms with Crippen molar-refractivity contribution in [1.82, 2.24) is 0 Å². The number of hydrogen-bond donors (Lipinski definition) is 0. The summed E-state index contributed by atoms with van der Waals surface area (Å²) in [4.78, 5) is 1.05. The van der Waals surface area contributed by atoms with Crippen LogP contribution >= 0.6 is 35.1 Å². The van der Waals surface area contributed by atoms with Gasteiger partial charge in [0.2, 0.25) is 0 Å². The van der Waals surface area contributed by atoms with Crippen LogP contribution < -0.4 is 0 Å². The van der Waals surface area contributed by atoms with E-state index in [4.69, 9.17) is 11.6 Å². The number of sulfonamides is 1. The van der Waals surface area contributed by atoms with E-state index in [1.807, 2.05) is 19.1 Å². The van der Waals surface area contributed by atoms with Crippen LogP contribution in [0.15, 0.2) is 75.4 Å². The van der Waals surface area contributed by atoms with Crippen molar-refractivity contribution in [1.29, 1.82) is 0 Å². The molecule has 0 aliphatic carbocycles. The maximum absolute atomic E-state index is 12.5. The predicted molar refractivity (Wildman–Crippen MR) is 106 cm³/mol. The van der Waals surface area contributed by atoms with Gasteiger partial charge in [0.25, 0.3) is 10.0 Å². The zero-order valence-corrected chi connectivity index (χ0v) is 16.2. The molecule has 3 nitrogen and oxygen atoms in total. The molecule has 2 rings (SSSR count). The Morgan fingerprint density at radius 1 is 1.17 bits per heavy atom. The van der Waals surface area contributed by atoms with Gasteiger partial charge in [0.1, 0.15) is 4.38 Å². The lowest BCUT2D eigenvalue weighted by Gasteiger charge is -2.06. The Kier molecular flexibility index (Phi) is 6.98. The fraction of sp³-hybridized carbons (Fsp3) is 0.118. The van der Waals surface area contributed by atoms with Crippen LogP contribution in [0.3, 0.4) is 0 Å². The number of hydrogen-bond acceptors (Lipinski definition) is 4. The second-order valence-corrected chi connectivity index (χ2v) is 9.17. The van der Waals surface area contributed by atoms with Crippen LogP contribution in [-0.4, -0.2) is 18.5 Å². The lowest BCUT2D eigenvalue weighted by Crippen LogP contribution is -2.00. The van der Waals surface area contributed by atoms with Crippen LogP contribution in [0.4, 0.5) is 0 Å². The first-order chi connectivity index (χ1) is 11.4. The third-order valence-corrected chi connectivity index (χ3v) is 6.75. The Morgan fingerprint density at radius 2 is 1.79 bits per heavy atom. The molecule has 2 aromatic rings. The van der Waals surface area contributed by atoms with Crippen molar-refractivity contribution in [3.63, 3.8) is 0 Å². The zero-order chi connectivity index (χ0) is 17.6. The minimum absolute atomic E-state index is 0.182. The number of thioether (sulfide) groups is 2. The van der Waals surface area contributed by atoms with Gasteiger partial charge in [0, 0.05) is 15.7 Å². The van der Waals surface area contributed by atoms with Gasteiger partial charge in [0.05, 0.1) is 4.90 Å².